The van der Waals surface area contributed by atoms with Crippen LogP contribution in [0.4, 0.5) is 0 Å². The lowest BCUT2D eigenvalue weighted by atomic mass is 9.98. The van der Waals surface area contributed by atoms with Crippen LogP contribution in [0.3, 0.4) is 0 Å². The highest BCUT2D eigenvalue weighted by atomic mass is 35.5. The van der Waals surface area contributed by atoms with E-state index in [1.165, 1.54) is 11.1 Å². The average molecular weight is 303 g/mol. The molecule has 1 aliphatic heterocycles. The van der Waals surface area contributed by atoms with Gasteiger partial charge >= 0.3 is 0 Å². The summed E-state index contributed by atoms with van der Waals surface area (Å²) in [5.41, 5.74) is 3.51. The Morgan fingerprint density at radius 1 is 1.33 bits per heavy atom. The summed E-state index contributed by atoms with van der Waals surface area (Å²) in [4.78, 5) is 4.40. The quantitative estimate of drug-likeness (QED) is 0.922. The molecule has 0 bridgehead atoms. The maximum absolute atomic E-state index is 6.23. The highest BCUT2D eigenvalue weighted by Crippen LogP contribution is 2.33. The number of hydrogen-bond donors (Lipinski definition) is 1. The Morgan fingerprint density at radius 2 is 2.24 bits per heavy atom. The lowest BCUT2D eigenvalue weighted by molar-refractivity contribution is 0.351. The number of nitrogens with zero attached hydrogens (tertiary/aromatic N) is 1. The van der Waals surface area contributed by atoms with Crippen molar-refractivity contribution >= 4 is 11.6 Å². The summed E-state index contributed by atoms with van der Waals surface area (Å²) >= 11 is 6.23. The number of fused-ring (bicyclic) bond motifs is 1. The molecule has 4 heteroatoms. The second-order valence-corrected chi connectivity index (χ2v) is 5.80. The predicted octanol–water partition coefficient (Wildman–Crippen LogP) is 3.04. The Morgan fingerprint density at radius 3 is 3.00 bits per heavy atom. The third-order valence-electron chi connectivity index (χ3n) is 3.88. The first-order valence-corrected chi connectivity index (χ1v) is 7.65. The molecule has 2 aromatic rings. The molecule has 0 aliphatic carbocycles. The summed E-state index contributed by atoms with van der Waals surface area (Å²) in [6, 6.07) is 10.4. The van der Waals surface area contributed by atoms with E-state index in [0.29, 0.717) is 6.04 Å². The largest absolute Gasteiger partial charge is 0.493 e. The smallest absolute Gasteiger partial charge is 0.125 e. The van der Waals surface area contributed by atoms with E-state index >= 15 is 0 Å². The summed E-state index contributed by atoms with van der Waals surface area (Å²) in [6.07, 6.45) is 4.56. The number of nitrogens with one attached hydrogen (secondary N) is 1. The van der Waals surface area contributed by atoms with E-state index in [9.17, 15) is 0 Å². The van der Waals surface area contributed by atoms with Crippen molar-refractivity contribution in [1.29, 1.82) is 0 Å². The number of rotatable bonds is 5. The molecular formula is C17H19ClN2O. The average Bonchev–Trinajstić information content (AvgIpc) is 2.96. The molecule has 1 aliphatic rings. The van der Waals surface area contributed by atoms with E-state index < -0.39 is 0 Å². The molecule has 0 radical (unpaired) electrons. The molecule has 21 heavy (non-hydrogen) atoms. The Balaban J connectivity index is 1.78. The number of pyridine rings is 1. The van der Waals surface area contributed by atoms with Gasteiger partial charge in [0.25, 0.3) is 0 Å². The number of hydrogen-bond acceptors (Lipinski definition) is 3. The Labute approximate surface area is 130 Å². The van der Waals surface area contributed by atoms with Crippen LogP contribution in [0.2, 0.25) is 5.02 Å². The van der Waals surface area contributed by atoms with E-state index in [2.05, 4.69) is 16.4 Å². The van der Waals surface area contributed by atoms with E-state index in [0.717, 1.165) is 42.3 Å². The summed E-state index contributed by atoms with van der Waals surface area (Å²) in [5.74, 6) is 1.03. The van der Waals surface area contributed by atoms with Crippen LogP contribution in [0, 0.1) is 0 Å². The van der Waals surface area contributed by atoms with Crippen LogP contribution in [0.15, 0.2) is 36.5 Å². The summed E-state index contributed by atoms with van der Waals surface area (Å²) in [6.45, 7) is 0.757. The minimum atomic E-state index is 0.312. The minimum absolute atomic E-state index is 0.312. The first kappa shape index (κ1) is 14.4. The molecule has 110 valence electrons. The van der Waals surface area contributed by atoms with Crippen LogP contribution in [0.25, 0.3) is 0 Å². The fraction of sp³-hybridized carbons (Fsp3) is 0.353. The van der Waals surface area contributed by atoms with E-state index in [4.69, 9.17) is 16.3 Å². The lowest BCUT2D eigenvalue weighted by Crippen LogP contribution is -2.30. The topological polar surface area (TPSA) is 34.2 Å². The highest BCUT2D eigenvalue weighted by Gasteiger charge is 2.20. The van der Waals surface area contributed by atoms with Gasteiger partial charge in [0.05, 0.1) is 6.61 Å². The van der Waals surface area contributed by atoms with Crippen molar-refractivity contribution < 1.29 is 4.74 Å². The van der Waals surface area contributed by atoms with E-state index in [-0.39, 0.29) is 0 Å². The Kier molecular flexibility index (Phi) is 4.42. The fourth-order valence-electron chi connectivity index (χ4n) is 2.81. The van der Waals surface area contributed by atoms with Gasteiger partial charge in [0.2, 0.25) is 0 Å². The summed E-state index contributed by atoms with van der Waals surface area (Å²) < 4.78 is 5.78. The zero-order valence-corrected chi connectivity index (χ0v) is 12.9. The summed E-state index contributed by atoms with van der Waals surface area (Å²) in [7, 11) is 1.99. The zero-order chi connectivity index (χ0) is 14.7. The molecule has 1 atom stereocenters. The number of likely N-dealkylation sites (N-methyl/N-ethyl adjacent to an activating group) is 1. The van der Waals surface area contributed by atoms with Gasteiger partial charge in [0.15, 0.2) is 0 Å². The second kappa shape index (κ2) is 6.46. The highest BCUT2D eigenvalue weighted by molar-refractivity contribution is 6.30. The minimum Gasteiger partial charge on any atom is -0.493 e. The van der Waals surface area contributed by atoms with Crippen molar-refractivity contribution in [1.82, 2.24) is 10.3 Å². The molecule has 0 spiro atoms. The normalized spacial score (nSPS) is 14.6. The van der Waals surface area contributed by atoms with Gasteiger partial charge in [-0.25, -0.2) is 0 Å². The third-order valence-corrected chi connectivity index (χ3v) is 4.10. The van der Waals surface area contributed by atoms with Gasteiger partial charge in [0, 0.05) is 35.8 Å². The van der Waals surface area contributed by atoms with Gasteiger partial charge < -0.3 is 10.1 Å². The number of halogens is 1. The van der Waals surface area contributed by atoms with Crippen molar-refractivity contribution in [2.75, 3.05) is 13.7 Å². The van der Waals surface area contributed by atoms with Crippen molar-refractivity contribution in [2.45, 2.75) is 25.3 Å². The first-order chi connectivity index (χ1) is 10.3. The van der Waals surface area contributed by atoms with Crippen molar-refractivity contribution in [3.63, 3.8) is 0 Å². The first-order valence-electron chi connectivity index (χ1n) is 7.27. The molecular weight excluding hydrogens is 284 g/mol. The van der Waals surface area contributed by atoms with Gasteiger partial charge in [-0.15, -0.1) is 0 Å². The van der Waals surface area contributed by atoms with E-state index in [1.807, 2.05) is 37.5 Å². The molecule has 3 rings (SSSR count). The van der Waals surface area contributed by atoms with Crippen LogP contribution < -0.4 is 10.1 Å². The molecule has 1 N–H and O–H groups in total. The molecule has 0 amide bonds. The maximum atomic E-state index is 6.23. The number of ether oxygens (including phenoxy) is 1. The van der Waals surface area contributed by atoms with Crippen LogP contribution in [0.1, 0.15) is 16.8 Å². The van der Waals surface area contributed by atoms with Gasteiger partial charge in [0.1, 0.15) is 5.75 Å². The van der Waals surface area contributed by atoms with Crippen LogP contribution in [-0.4, -0.2) is 24.7 Å². The monoisotopic (exact) mass is 302 g/mol. The van der Waals surface area contributed by atoms with Crippen molar-refractivity contribution in [2.24, 2.45) is 0 Å². The van der Waals surface area contributed by atoms with Gasteiger partial charge in [-0.1, -0.05) is 17.7 Å². The van der Waals surface area contributed by atoms with E-state index in [1.54, 1.807) is 0 Å². The second-order valence-electron chi connectivity index (χ2n) is 5.37. The van der Waals surface area contributed by atoms with Crippen molar-refractivity contribution in [3.8, 4) is 5.75 Å². The Bertz CT molecular complexity index is 616. The van der Waals surface area contributed by atoms with Crippen LogP contribution in [0.5, 0.6) is 5.75 Å². The van der Waals surface area contributed by atoms with Crippen LogP contribution in [-0.2, 0) is 19.3 Å². The van der Waals surface area contributed by atoms with Crippen molar-refractivity contribution in [3.05, 3.63) is 58.4 Å². The number of aromatic nitrogens is 1. The standard InChI is InChI=1S/C17H19ClN2O/c1-19-16(11-15-4-2-3-6-20-15)10-13-9-14(18)8-12-5-7-21-17(12)13/h2-4,6,8-9,16,19H,5,7,10-11H2,1H3. The van der Waals surface area contributed by atoms with Crippen LogP contribution >= 0.6 is 11.6 Å². The molecule has 3 nitrogen and oxygen atoms in total. The van der Waals surface area contributed by atoms with Gasteiger partial charge in [-0.05, 0) is 48.9 Å². The predicted molar refractivity (Wildman–Crippen MR) is 85.1 cm³/mol. The van der Waals surface area contributed by atoms with Gasteiger partial charge in [-0.2, -0.15) is 0 Å². The van der Waals surface area contributed by atoms with Gasteiger partial charge in [-0.3, -0.25) is 4.98 Å². The molecule has 1 aromatic heterocycles. The number of benzene rings is 1. The lowest BCUT2D eigenvalue weighted by Gasteiger charge is -2.18. The molecule has 0 saturated carbocycles. The Hall–Kier alpha value is -1.58. The third kappa shape index (κ3) is 3.36. The molecule has 2 heterocycles. The molecule has 0 fully saturated rings. The molecule has 1 aromatic carbocycles. The zero-order valence-electron chi connectivity index (χ0n) is 12.1. The fourth-order valence-corrected chi connectivity index (χ4v) is 3.07. The maximum Gasteiger partial charge on any atom is 0.125 e. The summed E-state index contributed by atoms with van der Waals surface area (Å²) in [5, 5.41) is 4.16. The SMILES string of the molecule is CNC(Cc1ccccn1)Cc1cc(Cl)cc2c1OCC2. The molecule has 1 unspecified atom stereocenters. The molecule has 0 saturated heterocycles.